The second-order valence-corrected chi connectivity index (χ2v) is 6.61. The molecule has 0 radical (unpaired) electrons. The Bertz CT molecular complexity index is 681. The maximum atomic E-state index is 14.4. The Kier molecular flexibility index (Phi) is 6.46. The number of carbonyl (C=O) groups is 2. The van der Waals surface area contributed by atoms with Crippen LogP contribution in [0, 0.1) is 5.82 Å². The van der Waals surface area contributed by atoms with Gasteiger partial charge in [0, 0.05) is 45.7 Å². The first kappa shape index (κ1) is 19.4. The number of amides is 2. The SMILES string of the molecule is CC(=O)NC[C@H]1CN(c2ccc(OCCN3CCNCC3)c(F)c2)C(=O)O1. The van der Waals surface area contributed by atoms with E-state index in [1.165, 1.54) is 24.0 Å². The van der Waals surface area contributed by atoms with Gasteiger partial charge in [-0.2, -0.15) is 0 Å². The Morgan fingerprint density at radius 2 is 2.19 bits per heavy atom. The summed E-state index contributed by atoms with van der Waals surface area (Å²) in [6.45, 7) is 6.85. The number of carbonyl (C=O) groups excluding carboxylic acids is 2. The molecule has 1 aromatic carbocycles. The Morgan fingerprint density at radius 3 is 2.89 bits per heavy atom. The zero-order valence-electron chi connectivity index (χ0n) is 15.4. The number of anilines is 1. The number of nitrogens with zero attached hydrogens (tertiary/aromatic N) is 2. The van der Waals surface area contributed by atoms with Crippen molar-refractivity contribution < 1.29 is 23.5 Å². The van der Waals surface area contributed by atoms with E-state index in [0.29, 0.717) is 12.3 Å². The van der Waals surface area contributed by atoms with Crippen LogP contribution in [0.4, 0.5) is 14.9 Å². The first-order valence-electron chi connectivity index (χ1n) is 9.11. The van der Waals surface area contributed by atoms with E-state index in [0.717, 1.165) is 32.7 Å². The van der Waals surface area contributed by atoms with Gasteiger partial charge < -0.3 is 20.1 Å². The molecule has 27 heavy (non-hydrogen) atoms. The number of halogens is 1. The lowest BCUT2D eigenvalue weighted by Crippen LogP contribution is -2.44. The van der Waals surface area contributed by atoms with Gasteiger partial charge in [0.1, 0.15) is 12.7 Å². The van der Waals surface area contributed by atoms with Gasteiger partial charge in [0.15, 0.2) is 11.6 Å². The van der Waals surface area contributed by atoms with Crippen LogP contribution in [0.15, 0.2) is 18.2 Å². The summed E-state index contributed by atoms with van der Waals surface area (Å²) in [5.74, 6) is -0.556. The van der Waals surface area contributed by atoms with Gasteiger partial charge in [-0.15, -0.1) is 0 Å². The van der Waals surface area contributed by atoms with Gasteiger partial charge in [-0.25, -0.2) is 9.18 Å². The molecule has 2 aliphatic rings. The van der Waals surface area contributed by atoms with E-state index in [9.17, 15) is 14.0 Å². The minimum Gasteiger partial charge on any atom is -0.489 e. The molecular formula is C18H25FN4O4. The van der Waals surface area contributed by atoms with E-state index >= 15 is 0 Å². The zero-order valence-corrected chi connectivity index (χ0v) is 15.4. The summed E-state index contributed by atoms with van der Waals surface area (Å²) in [5.41, 5.74) is 0.400. The summed E-state index contributed by atoms with van der Waals surface area (Å²) in [5, 5.41) is 5.89. The highest BCUT2D eigenvalue weighted by molar-refractivity contribution is 5.89. The molecule has 2 fully saturated rings. The Balaban J connectivity index is 1.52. The molecule has 0 aliphatic carbocycles. The first-order valence-corrected chi connectivity index (χ1v) is 9.11. The number of cyclic esters (lactones) is 1. The van der Waals surface area contributed by atoms with Crippen LogP contribution in [0.5, 0.6) is 5.75 Å². The molecule has 3 rings (SSSR count). The molecule has 0 bridgehead atoms. The van der Waals surface area contributed by atoms with E-state index in [1.54, 1.807) is 6.07 Å². The van der Waals surface area contributed by atoms with Crippen molar-refractivity contribution in [1.82, 2.24) is 15.5 Å². The summed E-state index contributed by atoms with van der Waals surface area (Å²) in [6, 6.07) is 4.42. The predicted molar refractivity (Wildman–Crippen MR) is 97.5 cm³/mol. The lowest BCUT2D eigenvalue weighted by atomic mass is 10.2. The van der Waals surface area contributed by atoms with Crippen LogP contribution in [-0.2, 0) is 9.53 Å². The van der Waals surface area contributed by atoms with E-state index in [1.807, 2.05) is 0 Å². The van der Waals surface area contributed by atoms with Crippen LogP contribution in [-0.4, -0.2) is 75.4 Å². The molecule has 1 atom stereocenters. The Labute approximate surface area is 157 Å². The second kappa shape index (κ2) is 9.01. The van der Waals surface area contributed by atoms with Crippen molar-refractivity contribution in [1.29, 1.82) is 0 Å². The Morgan fingerprint density at radius 1 is 1.41 bits per heavy atom. The van der Waals surface area contributed by atoms with Crippen molar-refractivity contribution in [2.45, 2.75) is 13.0 Å². The molecule has 8 nitrogen and oxygen atoms in total. The maximum Gasteiger partial charge on any atom is 0.414 e. The van der Waals surface area contributed by atoms with Crippen LogP contribution in [0.3, 0.4) is 0 Å². The molecule has 2 N–H and O–H groups in total. The van der Waals surface area contributed by atoms with Crippen molar-refractivity contribution in [2.75, 3.05) is 57.3 Å². The van der Waals surface area contributed by atoms with Gasteiger partial charge in [-0.1, -0.05) is 0 Å². The summed E-state index contributed by atoms with van der Waals surface area (Å²) in [4.78, 5) is 26.6. The van der Waals surface area contributed by atoms with E-state index in [2.05, 4.69) is 15.5 Å². The number of hydrogen-bond donors (Lipinski definition) is 2. The Hall–Kier alpha value is -2.39. The van der Waals surface area contributed by atoms with E-state index in [-0.39, 0.29) is 24.7 Å². The molecule has 9 heteroatoms. The van der Waals surface area contributed by atoms with Crippen molar-refractivity contribution in [3.63, 3.8) is 0 Å². The van der Waals surface area contributed by atoms with Crippen molar-refractivity contribution in [3.05, 3.63) is 24.0 Å². The number of rotatable bonds is 7. The lowest BCUT2D eigenvalue weighted by molar-refractivity contribution is -0.119. The fourth-order valence-electron chi connectivity index (χ4n) is 3.09. The van der Waals surface area contributed by atoms with Gasteiger partial charge in [0.2, 0.25) is 5.91 Å². The molecule has 0 spiro atoms. The average molecular weight is 380 g/mol. The van der Waals surface area contributed by atoms with Gasteiger partial charge in [-0.3, -0.25) is 14.6 Å². The largest absolute Gasteiger partial charge is 0.489 e. The fraction of sp³-hybridized carbons (Fsp3) is 0.556. The normalized spacial score (nSPS) is 20.4. The molecule has 1 aromatic rings. The molecule has 2 aliphatic heterocycles. The minimum absolute atomic E-state index is 0.163. The average Bonchev–Trinajstić information content (AvgIpc) is 3.03. The van der Waals surface area contributed by atoms with Crippen molar-refractivity contribution >= 4 is 17.7 Å². The van der Waals surface area contributed by atoms with Crippen molar-refractivity contribution in [3.8, 4) is 5.75 Å². The lowest BCUT2D eigenvalue weighted by Gasteiger charge is -2.27. The predicted octanol–water partition coefficient (Wildman–Crippen LogP) is 0.571. The van der Waals surface area contributed by atoms with Gasteiger partial charge in [0.05, 0.1) is 18.8 Å². The van der Waals surface area contributed by atoms with Crippen LogP contribution >= 0.6 is 0 Å². The molecule has 148 valence electrons. The molecule has 2 amide bonds. The molecule has 2 saturated heterocycles. The van der Waals surface area contributed by atoms with Crippen LogP contribution in [0.1, 0.15) is 6.92 Å². The van der Waals surface area contributed by atoms with Crippen LogP contribution in [0.2, 0.25) is 0 Å². The first-order chi connectivity index (χ1) is 13.0. The topological polar surface area (TPSA) is 83.1 Å². The third-order valence-electron chi connectivity index (χ3n) is 4.55. The van der Waals surface area contributed by atoms with Gasteiger partial charge in [0.25, 0.3) is 0 Å². The van der Waals surface area contributed by atoms with E-state index in [4.69, 9.17) is 9.47 Å². The summed E-state index contributed by atoms with van der Waals surface area (Å²) in [7, 11) is 0. The van der Waals surface area contributed by atoms with Gasteiger partial charge in [-0.05, 0) is 12.1 Å². The highest BCUT2D eigenvalue weighted by Crippen LogP contribution is 2.27. The third kappa shape index (κ3) is 5.30. The highest BCUT2D eigenvalue weighted by Gasteiger charge is 2.32. The molecule has 0 unspecified atom stereocenters. The summed E-state index contributed by atoms with van der Waals surface area (Å²) < 4.78 is 25.1. The summed E-state index contributed by atoms with van der Waals surface area (Å²) >= 11 is 0. The number of benzene rings is 1. The smallest absolute Gasteiger partial charge is 0.414 e. The standard InChI is InChI=1S/C18H25FN4O4/c1-13(24)21-11-15-12-23(18(25)27-15)14-2-3-17(16(19)10-14)26-9-8-22-6-4-20-5-7-22/h2-3,10,15,20H,4-9,11-12H2,1H3,(H,21,24)/t15-/m0/s1. The zero-order chi connectivity index (χ0) is 19.2. The molecule has 2 heterocycles. The molecule has 0 aromatic heterocycles. The minimum atomic E-state index is -0.558. The fourth-order valence-corrected chi connectivity index (χ4v) is 3.09. The van der Waals surface area contributed by atoms with Gasteiger partial charge >= 0.3 is 6.09 Å². The van der Waals surface area contributed by atoms with Crippen molar-refractivity contribution in [2.24, 2.45) is 0 Å². The highest BCUT2D eigenvalue weighted by atomic mass is 19.1. The van der Waals surface area contributed by atoms with E-state index < -0.39 is 18.0 Å². The third-order valence-corrected chi connectivity index (χ3v) is 4.55. The molecular weight excluding hydrogens is 355 g/mol. The second-order valence-electron chi connectivity index (χ2n) is 6.61. The number of hydrogen-bond acceptors (Lipinski definition) is 6. The number of ether oxygens (including phenoxy) is 2. The summed E-state index contributed by atoms with van der Waals surface area (Å²) in [6.07, 6.45) is -1.02. The monoisotopic (exact) mass is 380 g/mol. The molecule has 0 saturated carbocycles. The van der Waals surface area contributed by atoms with Crippen LogP contribution in [0.25, 0.3) is 0 Å². The number of piperazine rings is 1. The maximum absolute atomic E-state index is 14.4. The van der Waals surface area contributed by atoms with Crippen LogP contribution < -0.4 is 20.3 Å². The number of nitrogens with one attached hydrogen (secondary N) is 2. The quantitative estimate of drug-likeness (QED) is 0.720.